The molecule has 23 heavy (non-hydrogen) atoms. The highest BCUT2D eigenvalue weighted by atomic mass is 32.1. The van der Waals surface area contributed by atoms with Crippen molar-refractivity contribution in [1.82, 2.24) is 10.3 Å². The fourth-order valence-corrected chi connectivity index (χ4v) is 4.83. The highest BCUT2D eigenvalue weighted by Crippen LogP contribution is 2.33. The Labute approximate surface area is 138 Å². The summed E-state index contributed by atoms with van der Waals surface area (Å²) in [6, 6.07) is 12.9. The molecule has 3 heterocycles. The Morgan fingerprint density at radius 3 is 2.74 bits per heavy atom. The van der Waals surface area contributed by atoms with Crippen molar-refractivity contribution in [2.45, 2.75) is 24.9 Å². The number of hydrogen-bond acceptors (Lipinski definition) is 5. The Hall–Kier alpha value is -1.98. The number of benzene rings is 2. The van der Waals surface area contributed by atoms with Gasteiger partial charge in [-0.1, -0.05) is 0 Å². The minimum atomic E-state index is 0.0461. The Kier molecular flexibility index (Phi) is 2.93. The molecule has 0 aromatic heterocycles. The van der Waals surface area contributed by atoms with E-state index in [-0.39, 0.29) is 5.43 Å². The Morgan fingerprint density at radius 1 is 1.09 bits per heavy atom. The van der Waals surface area contributed by atoms with Crippen LogP contribution in [0.1, 0.15) is 12.8 Å². The average molecular weight is 323 g/mol. The molecule has 0 radical (unpaired) electrons. The summed E-state index contributed by atoms with van der Waals surface area (Å²) in [5.41, 5.74) is 3.22. The molecular formula is C18H17N3OS. The quantitative estimate of drug-likeness (QED) is 0.700. The third-order valence-electron chi connectivity index (χ3n) is 4.92. The molecule has 0 saturated carbocycles. The van der Waals surface area contributed by atoms with E-state index in [1.807, 2.05) is 6.07 Å². The summed E-state index contributed by atoms with van der Waals surface area (Å²) in [5.74, 6) is 0. The van der Waals surface area contributed by atoms with Crippen LogP contribution in [0.4, 0.5) is 5.69 Å². The van der Waals surface area contributed by atoms with Crippen LogP contribution >= 0.6 is 11.3 Å². The van der Waals surface area contributed by atoms with E-state index in [2.05, 4.69) is 33.4 Å². The molecule has 0 spiro atoms. The van der Waals surface area contributed by atoms with Crippen LogP contribution < -0.4 is 15.6 Å². The van der Waals surface area contributed by atoms with Crippen LogP contribution in [0.3, 0.4) is 0 Å². The maximum atomic E-state index is 11.6. The van der Waals surface area contributed by atoms with Gasteiger partial charge in [-0.2, -0.15) is 0 Å². The van der Waals surface area contributed by atoms with Gasteiger partial charge in [0.2, 0.25) is 0 Å². The predicted molar refractivity (Wildman–Crippen MR) is 94.7 cm³/mol. The van der Waals surface area contributed by atoms with E-state index in [1.165, 1.54) is 18.5 Å². The molecule has 5 rings (SSSR count). The summed E-state index contributed by atoms with van der Waals surface area (Å²) < 4.78 is 1.14. The fraction of sp³-hybridized carbons (Fsp3) is 0.333. The van der Waals surface area contributed by atoms with Crippen molar-refractivity contribution in [2.24, 2.45) is 0 Å². The summed E-state index contributed by atoms with van der Waals surface area (Å²) in [6.45, 7) is 2.16. The van der Waals surface area contributed by atoms with Gasteiger partial charge in [0.15, 0.2) is 5.43 Å². The molecule has 0 amide bonds. The van der Waals surface area contributed by atoms with Crippen LogP contribution in [0.2, 0.25) is 0 Å². The molecule has 4 aliphatic rings. The molecule has 0 unspecified atom stereocenters. The van der Waals surface area contributed by atoms with Gasteiger partial charge in [0.1, 0.15) is 0 Å². The van der Waals surface area contributed by atoms with E-state index in [0.717, 1.165) is 33.9 Å². The fourth-order valence-electron chi connectivity index (χ4n) is 3.80. The van der Waals surface area contributed by atoms with Crippen molar-refractivity contribution < 1.29 is 0 Å². The van der Waals surface area contributed by atoms with Gasteiger partial charge in [0.25, 0.3) is 0 Å². The van der Waals surface area contributed by atoms with Gasteiger partial charge in [0, 0.05) is 36.9 Å². The lowest BCUT2D eigenvalue weighted by Crippen LogP contribution is -2.51. The highest BCUT2D eigenvalue weighted by Gasteiger charge is 2.32. The van der Waals surface area contributed by atoms with E-state index in [4.69, 9.17) is 0 Å². The largest absolute Gasteiger partial charge is 0.368 e. The maximum Gasteiger partial charge on any atom is 0.180 e. The monoisotopic (exact) mass is 323 g/mol. The molecule has 2 atom stereocenters. The summed E-state index contributed by atoms with van der Waals surface area (Å²) in [5, 5.41) is 3.67. The molecule has 3 aliphatic heterocycles. The van der Waals surface area contributed by atoms with E-state index >= 15 is 0 Å². The minimum absolute atomic E-state index is 0.0461. The third-order valence-corrected chi connectivity index (χ3v) is 6.01. The first-order valence-corrected chi connectivity index (χ1v) is 8.92. The first-order chi connectivity index (χ1) is 11.2. The van der Waals surface area contributed by atoms with Crippen molar-refractivity contribution >= 4 is 27.2 Å². The number of nitrogens with one attached hydrogen (secondary N) is 1. The topological polar surface area (TPSA) is 45.2 Å². The van der Waals surface area contributed by atoms with Gasteiger partial charge in [0.05, 0.1) is 20.8 Å². The molecule has 4 nitrogen and oxygen atoms in total. The molecule has 1 aliphatic carbocycles. The zero-order valence-corrected chi connectivity index (χ0v) is 13.5. The number of fused-ring (bicyclic) bond motifs is 4. The summed E-state index contributed by atoms with van der Waals surface area (Å²) >= 11 is 1.66. The SMILES string of the molecule is O=c1ccc2nc3ccc(N4C[C@H]5CC[C@@H](C4)N5)cc3sc-2c1. The first kappa shape index (κ1) is 13.5. The van der Waals surface area contributed by atoms with E-state index in [9.17, 15) is 4.79 Å². The van der Waals surface area contributed by atoms with Crippen molar-refractivity contribution in [1.29, 1.82) is 0 Å². The molecule has 2 fully saturated rings. The molecule has 2 saturated heterocycles. The normalized spacial score (nSPS) is 23.7. The number of aromatic nitrogens is 1. The third kappa shape index (κ3) is 2.31. The number of piperazine rings is 1. The Morgan fingerprint density at radius 2 is 1.91 bits per heavy atom. The van der Waals surface area contributed by atoms with Crippen LogP contribution in [0.25, 0.3) is 20.8 Å². The number of hydrogen-bond donors (Lipinski definition) is 1. The lowest BCUT2D eigenvalue weighted by Gasteiger charge is -2.34. The van der Waals surface area contributed by atoms with Crippen LogP contribution in [0.15, 0.2) is 41.2 Å². The second-order valence-electron chi connectivity index (χ2n) is 6.54. The van der Waals surface area contributed by atoms with E-state index in [1.54, 1.807) is 23.5 Å². The Bertz CT molecular complexity index is 910. The van der Waals surface area contributed by atoms with Gasteiger partial charge in [-0.3, -0.25) is 4.79 Å². The van der Waals surface area contributed by atoms with E-state index < -0.39 is 0 Å². The van der Waals surface area contributed by atoms with Gasteiger partial charge in [-0.15, -0.1) is 11.3 Å². The van der Waals surface area contributed by atoms with Crippen molar-refractivity contribution in [3.63, 3.8) is 0 Å². The van der Waals surface area contributed by atoms with Gasteiger partial charge in [-0.25, -0.2) is 4.98 Å². The molecule has 5 heteroatoms. The molecule has 1 aromatic rings. The van der Waals surface area contributed by atoms with Crippen LogP contribution in [0, 0.1) is 0 Å². The lowest BCUT2D eigenvalue weighted by molar-refractivity contribution is 0.466. The first-order valence-electron chi connectivity index (χ1n) is 8.10. The van der Waals surface area contributed by atoms with Gasteiger partial charge in [-0.05, 0) is 43.2 Å². The summed E-state index contributed by atoms with van der Waals surface area (Å²) in [4.78, 5) is 19.7. The number of anilines is 1. The number of rotatable bonds is 1. The smallest absolute Gasteiger partial charge is 0.180 e. The van der Waals surface area contributed by atoms with Crippen molar-refractivity contribution in [2.75, 3.05) is 18.0 Å². The molecule has 1 N–H and O–H groups in total. The molecular weight excluding hydrogens is 306 g/mol. The summed E-state index contributed by atoms with van der Waals surface area (Å²) in [6.07, 6.45) is 2.58. The highest BCUT2D eigenvalue weighted by molar-refractivity contribution is 7.21. The molecule has 2 bridgehead atoms. The second kappa shape index (κ2) is 5.01. The van der Waals surface area contributed by atoms with Gasteiger partial charge < -0.3 is 10.2 Å². The van der Waals surface area contributed by atoms with Crippen molar-refractivity contribution in [3.05, 3.63) is 46.6 Å². The standard InChI is InChI=1S/C18H17N3OS/c22-14-4-6-16-18(8-14)23-17-7-13(3-5-15(17)20-16)21-9-11-1-2-12(10-21)19-11/h3-8,11-12,19H,1-2,9-10H2/t11-,12+. The molecule has 116 valence electrons. The average Bonchev–Trinajstić information content (AvgIpc) is 2.90. The van der Waals surface area contributed by atoms with Crippen LogP contribution in [0.5, 0.6) is 0 Å². The minimum Gasteiger partial charge on any atom is -0.368 e. The Balaban J connectivity index is 1.60. The van der Waals surface area contributed by atoms with Crippen LogP contribution in [-0.4, -0.2) is 30.2 Å². The maximum absolute atomic E-state index is 11.6. The van der Waals surface area contributed by atoms with Crippen molar-refractivity contribution in [3.8, 4) is 10.6 Å². The predicted octanol–water partition coefficient (Wildman–Crippen LogP) is 2.70. The summed E-state index contributed by atoms with van der Waals surface area (Å²) in [7, 11) is 0. The lowest BCUT2D eigenvalue weighted by atomic mass is 10.2. The zero-order valence-electron chi connectivity index (χ0n) is 12.7. The van der Waals surface area contributed by atoms with E-state index in [0.29, 0.717) is 12.1 Å². The van der Waals surface area contributed by atoms with Gasteiger partial charge >= 0.3 is 0 Å². The second-order valence-corrected chi connectivity index (χ2v) is 7.62. The zero-order chi connectivity index (χ0) is 15.4. The van der Waals surface area contributed by atoms with Crippen LogP contribution in [-0.2, 0) is 0 Å². The molecule has 1 aromatic carbocycles. The number of nitrogens with zero attached hydrogens (tertiary/aromatic N) is 2.